The highest BCUT2D eigenvalue weighted by molar-refractivity contribution is 6.03. The normalized spacial score (nSPS) is 14.3. The first-order valence-corrected chi connectivity index (χ1v) is 12.5. The van der Waals surface area contributed by atoms with Crippen molar-refractivity contribution >= 4 is 16.8 Å². The van der Waals surface area contributed by atoms with Crippen LogP contribution in [-0.4, -0.2) is 27.1 Å². The maximum Gasteiger partial charge on any atom is 0.274 e. The number of benzene rings is 2. The van der Waals surface area contributed by atoms with Gasteiger partial charge in [-0.15, -0.1) is 0 Å². The molecule has 190 valence electrons. The van der Waals surface area contributed by atoms with Crippen LogP contribution in [0.2, 0.25) is 0 Å². The van der Waals surface area contributed by atoms with Crippen LogP contribution >= 0.6 is 0 Å². The third-order valence-electron chi connectivity index (χ3n) is 7.05. The average molecular weight is 498 g/mol. The van der Waals surface area contributed by atoms with Gasteiger partial charge >= 0.3 is 0 Å². The van der Waals surface area contributed by atoms with Crippen LogP contribution in [0.3, 0.4) is 0 Å². The quantitative estimate of drug-likeness (QED) is 0.318. The second-order valence-electron chi connectivity index (χ2n) is 9.74. The van der Waals surface area contributed by atoms with E-state index in [0.717, 1.165) is 33.6 Å². The summed E-state index contributed by atoms with van der Waals surface area (Å²) in [7, 11) is 1.68. The predicted molar refractivity (Wildman–Crippen MR) is 145 cm³/mol. The van der Waals surface area contributed by atoms with Gasteiger partial charge in [-0.1, -0.05) is 36.4 Å². The average Bonchev–Trinajstić information content (AvgIpc) is 3.52. The Kier molecular flexibility index (Phi) is 6.25. The Hall–Kier alpha value is -4.10. The highest BCUT2D eigenvalue weighted by Gasteiger charge is 2.31. The van der Waals surface area contributed by atoms with Crippen LogP contribution in [0.15, 0.2) is 65.6 Å². The van der Waals surface area contributed by atoms with Crippen LogP contribution in [0.25, 0.3) is 22.0 Å². The summed E-state index contributed by atoms with van der Waals surface area (Å²) in [5.41, 5.74) is 3.63. The second-order valence-corrected chi connectivity index (χ2v) is 9.74. The Bertz CT molecular complexity index is 1580. The molecule has 7 nitrogen and oxygen atoms in total. The first kappa shape index (κ1) is 24.6. The number of aryl methyl sites for hydroxylation is 3. The third-order valence-corrected chi connectivity index (χ3v) is 7.05. The highest BCUT2D eigenvalue weighted by atomic mass is 16.5. The van der Waals surface area contributed by atoms with E-state index < -0.39 is 5.60 Å². The Morgan fingerprint density at radius 3 is 2.49 bits per heavy atom. The van der Waals surface area contributed by atoms with Crippen molar-refractivity contribution in [3.05, 3.63) is 93.6 Å². The Morgan fingerprint density at radius 1 is 1.11 bits per heavy atom. The number of hydrogen-bond acceptors (Lipinski definition) is 4. The van der Waals surface area contributed by atoms with E-state index in [2.05, 4.69) is 10.3 Å². The Balaban J connectivity index is 1.75. The van der Waals surface area contributed by atoms with Gasteiger partial charge in [0.05, 0.1) is 5.60 Å². The molecule has 0 bridgehead atoms. The molecule has 0 saturated carbocycles. The first-order chi connectivity index (χ1) is 17.7. The molecular formula is C30H31N3O4. The second kappa shape index (κ2) is 9.41. The lowest BCUT2D eigenvalue weighted by Gasteiger charge is -2.25. The van der Waals surface area contributed by atoms with E-state index in [4.69, 9.17) is 4.74 Å². The number of ether oxygens (including phenoxy) is 1. The van der Waals surface area contributed by atoms with Crippen molar-refractivity contribution in [1.29, 1.82) is 0 Å². The summed E-state index contributed by atoms with van der Waals surface area (Å²) < 4.78 is 8.01. The molecule has 3 N–H and O–H groups in total. The first-order valence-electron chi connectivity index (χ1n) is 12.5. The van der Waals surface area contributed by atoms with Crippen LogP contribution < -0.4 is 15.6 Å². The van der Waals surface area contributed by atoms with Gasteiger partial charge in [0, 0.05) is 36.3 Å². The minimum atomic E-state index is -1.00. The van der Waals surface area contributed by atoms with Gasteiger partial charge in [0.1, 0.15) is 22.7 Å². The van der Waals surface area contributed by atoms with E-state index in [9.17, 15) is 14.7 Å². The number of amides is 1. The Morgan fingerprint density at radius 2 is 1.81 bits per heavy atom. The third kappa shape index (κ3) is 4.36. The molecule has 0 atom stereocenters. The lowest BCUT2D eigenvalue weighted by molar-refractivity contribution is 0.0509. The summed E-state index contributed by atoms with van der Waals surface area (Å²) >= 11 is 0. The molecule has 1 amide bonds. The number of rotatable bonds is 6. The van der Waals surface area contributed by atoms with Gasteiger partial charge in [0.2, 0.25) is 0 Å². The van der Waals surface area contributed by atoms with Gasteiger partial charge < -0.3 is 24.7 Å². The predicted octanol–water partition coefficient (Wildman–Crippen LogP) is 5.23. The standard InChI is InChI=1S/C30H31N3O4/c1-5-31-28(34)24-16-22-23(17-33(4)29(35)26(22)32-24)21-15-20(30(36)13-6-7-14-30)11-12-25(21)37-27-18(2)9-8-10-19(27)3/h6-12,15-17,32,36H,5,13-14H2,1-4H3,(H,31,34). The van der Waals surface area contributed by atoms with Crippen molar-refractivity contribution in [2.75, 3.05) is 6.54 Å². The van der Waals surface area contributed by atoms with E-state index >= 15 is 0 Å². The number of nitrogens with zero attached hydrogens (tertiary/aromatic N) is 1. The molecule has 2 aromatic heterocycles. The number of carbonyl (C=O) groups excluding carboxylic acids is 1. The fourth-order valence-corrected chi connectivity index (χ4v) is 4.99. The molecule has 0 unspecified atom stereocenters. The van der Waals surface area contributed by atoms with Gasteiger partial charge in [-0.05, 0) is 68.5 Å². The van der Waals surface area contributed by atoms with Crippen LogP contribution in [0.1, 0.15) is 46.9 Å². The lowest BCUT2D eigenvalue weighted by Crippen LogP contribution is -2.23. The maximum absolute atomic E-state index is 13.0. The molecule has 2 heterocycles. The molecule has 4 aromatic rings. The zero-order chi connectivity index (χ0) is 26.3. The number of hydrogen-bond donors (Lipinski definition) is 3. The Labute approximate surface area is 215 Å². The molecule has 1 aliphatic carbocycles. The number of aliphatic hydroxyl groups is 1. The van der Waals surface area contributed by atoms with Crippen molar-refractivity contribution in [1.82, 2.24) is 14.9 Å². The smallest absolute Gasteiger partial charge is 0.274 e. The number of carbonyl (C=O) groups is 1. The summed E-state index contributed by atoms with van der Waals surface area (Å²) in [5, 5.41) is 14.7. The highest BCUT2D eigenvalue weighted by Crippen LogP contribution is 2.43. The summed E-state index contributed by atoms with van der Waals surface area (Å²) in [4.78, 5) is 28.6. The van der Waals surface area contributed by atoms with E-state index in [0.29, 0.717) is 41.7 Å². The number of pyridine rings is 1. The van der Waals surface area contributed by atoms with E-state index in [1.165, 1.54) is 4.57 Å². The molecule has 0 fully saturated rings. The number of aromatic nitrogens is 2. The van der Waals surface area contributed by atoms with Gasteiger partial charge in [0.25, 0.3) is 11.5 Å². The van der Waals surface area contributed by atoms with E-state index in [1.807, 2.05) is 69.3 Å². The van der Waals surface area contributed by atoms with Crippen LogP contribution in [0.5, 0.6) is 11.5 Å². The number of aromatic amines is 1. The summed E-state index contributed by atoms with van der Waals surface area (Å²) in [5.74, 6) is 1.08. The van der Waals surface area contributed by atoms with Crippen molar-refractivity contribution in [3.63, 3.8) is 0 Å². The van der Waals surface area contributed by atoms with Crippen LogP contribution in [0, 0.1) is 13.8 Å². The van der Waals surface area contributed by atoms with Crippen LogP contribution in [-0.2, 0) is 12.6 Å². The number of H-pyrrole nitrogens is 1. The summed E-state index contributed by atoms with van der Waals surface area (Å²) in [6.45, 7) is 6.31. The molecule has 0 aliphatic heterocycles. The molecule has 1 aliphatic rings. The lowest BCUT2D eigenvalue weighted by atomic mass is 9.88. The molecule has 37 heavy (non-hydrogen) atoms. The van der Waals surface area contributed by atoms with Crippen LogP contribution in [0.4, 0.5) is 0 Å². The number of fused-ring (bicyclic) bond motifs is 1. The molecule has 2 aromatic carbocycles. The van der Waals surface area contributed by atoms with Crippen molar-refractivity contribution in [2.45, 2.75) is 39.2 Å². The molecule has 0 saturated heterocycles. The zero-order valence-electron chi connectivity index (χ0n) is 21.5. The minimum Gasteiger partial charge on any atom is -0.456 e. The maximum atomic E-state index is 13.0. The SMILES string of the molecule is CCNC(=O)c1cc2c(-c3cc(C4(O)CC=CC4)ccc3Oc3c(C)cccc3C)cn(C)c(=O)c2[nH]1. The van der Waals surface area contributed by atoms with Crippen molar-refractivity contribution < 1.29 is 14.6 Å². The van der Waals surface area contributed by atoms with E-state index in [-0.39, 0.29) is 11.5 Å². The van der Waals surface area contributed by atoms with E-state index in [1.54, 1.807) is 19.3 Å². The van der Waals surface area contributed by atoms with Gasteiger partial charge in [-0.25, -0.2) is 0 Å². The molecule has 0 radical (unpaired) electrons. The number of para-hydroxylation sites is 1. The summed E-state index contributed by atoms with van der Waals surface area (Å²) in [6, 6.07) is 13.4. The largest absolute Gasteiger partial charge is 0.456 e. The summed E-state index contributed by atoms with van der Waals surface area (Å²) in [6.07, 6.45) is 6.77. The fourth-order valence-electron chi connectivity index (χ4n) is 4.99. The van der Waals surface area contributed by atoms with Crippen molar-refractivity contribution in [3.8, 4) is 22.6 Å². The zero-order valence-corrected chi connectivity index (χ0v) is 21.5. The minimum absolute atomic E-state index is 0.235. The van der Waals surface area contributed by atoms with Crippen molar-refractivity contribution in [2.24, 2.45) is 7.05 Å². The van der Waals surface area contributed by atoms with Gasteiger partial charge in [-0.2, -0.15) is 0 Å². The molecule has 7 heteroatoms. The van der Waals surface area contributed by atoms with Gasteiger partial charge in [-0.3, -0.25) is 9.59 Å². The molecule has 0 spiro atoms. The van der Waals surface area contributed by atoms with Gasteiger partial charge in [0.15, 0.2) is 0 Å². The molecular weight excluding hydrogens is 466 g/mol. The fraction of sp³-hybridized carbons (Fsp3) is 0.267. The number of nitrogens with one attached hydrogen (secondary N) is 2. The molecule has 5 rings (SSSR count). The monoisotopic (exact) mass is 497 g/mol. The topological polar surface area (TPSA) is 96.3 Å².